The molecule has 0 fully saturated rings. The van der Waals surface area contributed by atoms with Gasteiger partial charge in [-0.3, -0.25) is 0 Å². The van der Waals surface area contributed by atoms with Crippen molar-refractivity contribution in [1.82, 2.24) is 0 Å². The predicted octanol–water partition coefficient (Wildman–Crippen LogP) is 2.63. The fourth-order valence-electron chi connectivity index (χ4n) is 1.27. The molecule has 0 radical (unpaired) electrons. The Hall–Kier alpha value is -1.38. The van der Waals surface area contributed by atoms with Gasteiger partial charge in [0.05, 0.1) is 18.7 Å². The largest absolute Gasteiger partial charge is 0.495 e. The first kappa shape index (κ1) is 11.7. The normalized spacial score (nSPS) is 9.60. The summed E-state index contributed by atoms with van der Waals surface area (Å²) in [5.41, 5.74) is 0.834. The Kier molecular flexibility index (Phi) is 3.83. The molecule has 3 nitrogen and oxygen atoms in total. The van der Waals surface area contributed by atoms with Crippen molar-refractivity contribution < 1.29 is 13.9 Å². The summed E-state index contributed by atoms with van der Waals surface area (Å²) < 4.78 is 18.3. The minimum absolute atomic E-state index is 0.00991. The molecule has 0 spiro atoms. The van der Waals surface area contributed by atoms with E-state index >= 15 is 0 Å². The highest BCUT2D eigenvalue weighted by atomic mass is 35.5. The maximum absolute atomic E-state index is 13.3. The summed E-state index contributed by atoms with van der Waals surface area (Å²) in [5, 5.41) is 0.164. The molecule has 1 rings (SSSR count). The van der Waals surface area contributed by atoms with Crippen LogP contribution in [0.5, 0.6) is 5.75 Å². The monoisotopic (exact) mass is 229 g/mol. The van der Waals surface area contributed by atoms with Crippen LogP contribution in [0.2, 0.25) is 5.02 Å². The predicted molar refractivity (Wildman–Crippen MR) is 54.5 cm³/mol. The van der Waals surface area contributed by atoms with Gasteiger partial charge in [-0.15, -0.1) is 0 Å². The molecule has 0 aliphatic heterocycles. The van der Waals surface area contributed by atoms with Crippen LogP contribution in [0.15, 0.2) is 11.1 Å². The van der Waals surface area contributed by atoms with Crippen molar-refractivity contribution in [2.75, 3.05) is 7.11 Å². The summed E-state index contributed by atoms with van der Waals surface area (Å²) in [6, 6.07) is 1.17. The zero-order valence-corrected chi connectivity index (χ0v) is 9.06. The molecule has 1 aromatic rings. The Morgan fingerprint density at radius 3 is 2.87 bits per heavy atom. The summed E-state index contributed by atoms with van der Waals surface area (Å²) in [6.07, 6.45) is 1.39. The third kappa shape index (κ3) is 2.35. The molecule has 0 unspecified atom stereocenters. The number of benzene rings is 1. The van der Waals surface area contributed by atoms with Crippen molar-refractivity contribution in [3.8, 4) is 5.75 Å². The molecule has 0 aromatic heterocycles. The van der Waals surface area contributed by atoms with Crippen LogP contribution in [0.25, 0.3) is 0 Å². The van der Waals surface area contributed by atoms with Gasteiger partial charge in [0.2, 0.25) is 6.08 Å². The summed E-state index contributed by atoms with van der Waals surface area (Å²) in [5.74, 6) is -0.105. The maximum atomic E-state index is 13.3. The number of aliphatic imine (C=N–C) groups is 1. The second-order valence-corrected chi connectivity index (χ2v) is 3.29. The Labute approximate surface area is 91.5 Å². The van der Waals surface area contributed by atoms with Crippen LogP contribution < -0.4 is 4.74 Å². The van der Waals surface area contributed by atoms with E-state index in [4.69, 9.17) is 16.3 Å². The van der Waals surface area contributed by atoms with Gasteiger partial charge >= 0.3 is 0 Å². The maximum Gasteiger partial charge on any atom is 0.235 e. The van der Waals surface area contributed by atoms with Crippen LogP contribution in [0.1, 0.15) is 11.1 Å². The highest BCUT2D eigenvalue weighted by molar-refractivity contribution is 6.32. The average molecular weight is 230 g/mol. The summed E-state index contributed by atoms with van der Waals surface area (Å²) in [7, 11) is 1.42. The molecule has 1 aromatic carbocycles. The van der Waals surface area contributed by atoms with E-state index in [0.29, 0.717) is 16.9 Å². The van der Waals surface area contributed by atoms with Gasteiger partial charge in [0.25, 0.3) is 0 Å². The fraction of sp³-hybridized carbons (Fsp3) is 0.300. The fourth-order valence-corrected chi connectivity index (χ4v) is 1.55. The Morgan fingerprint density at radius 2 is 2.33 bits per heavy atom. The first-order valence-electron chi connectivity index (χ1n) is 4.17. The minimum atomic E-state index is -0.447. The first-order chi connectivity index (χ1) is 7.11. The lowest BCUT2D eigenvalue weighted by molar-refractivity contribution is 0.408. The van der Waals surface area contributed by atoms with Crippen molar-refractivity contribution in [3.63, 3.8) is 0 Å². The number of ether oxygens (including phenoxy) is 1. The Bertz CT molecular complexity index is 428. The van der Waals surface area contributed by atoms with Gasteiger partial charge in [-0.2, -0.15) is 0 Å². The summed E-state index contributed by atoms with van der Waals surface area (Å²) in [6.45, 7) is 1.58. The van der Waals surface area contributed by atoms with Crippen LogP contribution >= 0.6 is 11.6 Å². The number of halogens is 2. The van der Waals surface area contributed by atoms with Crippen LogP contribution in [-0.2, 0) is 11.3 Å². The van der Waals surface area contributed by atoms with E-state index in [1.54, 1.807) is 6.92 Å². The van der Waals surface area contributed by atoms with Gasteiger partial charge in [-0.25, -0.2) is 14.2 Å². The molecule has 15 heavy (non-hydrogen) atoms. The molecule has 0 atom stereocenters. The smallest absolute Gasteiger partial charge is 0.235 e. The van der Waals surface area contributed by atoms with Crippen molar-refractivity contribution >= 4 is 17.7 Å². The van der Waals surface area contributed by atoms with Crippen LogP contribution in [0.4, 0.5) is 4.39 Å². The number of carbonyl (C=O) groups excluding carboxylic acids is 1. The third-order valence-electron chi connectivity index (χ3n) is 2.06. The number of rotatable bonds is 3. The van der Waals surface area contributed by atoms with Gasteiger partial charge in [0.15, 0.2) is 0 Å². The highest BCUT2D eigenvalue weighted by Crippen LogP contribution is 2.33. The first-order valence-corrected chi connectivity index (χ1v) is 4.54. The van der Waals surface area contributed by atoms with Gasteiger partial charge < -0.3 is 4.74 Å². The standard InChI is InChI=1S/C10H9ClFNO2/c1-6-7(4-13-5-14)10(15-2)8(11)3-9(6)12/h3H,4H2,1-2H3. The van der Waals surface area contributed by atoms with E-state index in [1.807, 2.05) is 0 Å². The molecule has 0 amide bonds. The molecular formula is C10H9ClFNO2. The average Bonchev–Trinajstić information content (AvgIpc) is 2.21. The number of methoxy groups -OCH3 is 1. The summed E-state index contributed by atoms with van der Waals surface area (Å²) >= 11 is 5.78. The topological polar surface area (TPSA) is 38.7 Å². The van der Waals surface area contributed by atoms with E-state index in [2.05, 4.69) is 4.99 Å². The SMILES string of the molecule is COc1c(Cl)cc(F)c(C)c1CN=C=O. The number of hydrogen-bond acceptors (Lipinski definition) is 3. The molecule has 5 heteroatoms. The van der Waals surface area contributed by atoms with Gasteiger partial charge in [0.1, 0.15) is 11.6 Å². The van der Waals surface area contributed by atoms with Crippen LogP contribution in [0.3, 0.4) is 0 Å². The van der Waals surface area contributed by atoms with Crippen LogP contribution in [-0.4, -0.2) is 13.2 Å². The molecule has 0 saturated heterocycles. The number of hydrogen-bond donors (Lipinski definition) is 0. The molecule has 0 saturated carbocycles. The van der Waals surface area contributed by atoms with E-state index < -0.39 is 5.82 Å². The zero-order valence-electron chi connectivity index (χ0n) is 8.30. The minimum Gasteiger partial charge on any atom is -0.495 e. The second-order valence-electron chi connectivity index (χ2n) is 2.88. The molecule has 0 N–H and O–H groups in total. The van der Waals surface area contributed by atoms with E-state index in [0.717, 1.165) is 0 Å². The lowest BCUT2D eigenvalue weighted by Gasteiger charge is -2.11. The number of isocyanates is 1. The van der Waals surface area contributed by atoms with Gasteiger partial charge in [-0.05, 0) is 18.6 Å². The second kappa shape index (κ2) is 4.91. The van der Waals surface area contributed by atoms with Crippen molar-refractivity contribution in [2.45, 2.75) is 13.5 Å². The van der Waals surface area contributed by atoms with Crippen molar-refractivity contribution in [2.24, 2.45) is 4.99 Å². The summed E-state index contributed by atoms with van der Waals surface area (Å²) in [4.78, 5) is 13.4. The molecule has 0 aliphatic carbocycles. The van der Waals surface area contributed by atoms with E-state index in [-0.39, 0.29) is 11.6 Å². The van der Waals surface area contributed by atoms with Gasteiger partial charge in [-0.1, -0.05) is 11.6 Å². The molecule has 80 valence electrons. The number of nitrogens with zero attached hydrogens (tertiary/aromatic N) is 1. The Morgan fingerprint density at radius 1 is 1.67 bits per heavy atom. The van der Waals surface area contributed by atoms with Crippen molar-refractivity contribution in [1.29, 1.82) is 0 Å². The third-order valence-corrected chi connectivity index (χ3v) is 2.34. The van der Waals surface area contributed by atoms with E-state index in [1.165, 1.54) is 19.3 Å². The molecule has 0 bridgehead atoms. The van der Waals surface area contributed by atoms with Gasteiger partial charge in [0, 0.05) is 5.56 Å². The van der Waals surface area contributed by atoms with Crippen molar-refractivity contribution in [3.05, 3.63) is 28.0 Å². The molecule has 0 heterocycles. The zero-order chi connectivity index (χ0) is 11.4. The lowest BCUT2D eigenvalue weighted by Crippen LogP contribution is -1.98. The quantitative estimate of drug-likeness (QED) is 0.590. The molecular weight excluding hydrogens is 221 g/mol. The Balaban J connectivity index is 3.35. The lowest BCUT2D eigenvalue weighted by atomic mass is 10.1. The van der Waals surface area contributed by atoms with Crippen LogP contribution in [0, 0.1) is 12.7 Å². The molecule has 0 aliphatic rings. The van der Waals surface area contributed by atoms with E-state index in [9.17, 15) is 9.18 Å². The highest BCUT2D eigenvalue weighted by Gasteiger charge is 2.14.